The minimum atomic E-state index is -4.17. The lowest BCUT2D eigenvalue weighted by molar-refractivity contribution is -0.221. The molecule has 0 atom stereocenters. The van der Waals surface area contributed by atoms with Gasteiger partial charge in [-0.1, -0.05) is 13.3 Å². The van der Waals surface area contributed by atoms with E-state index in [0.717, 1.165) is 0 Å². The molecule has 0 aliphatic rings. The highest BCUT2D eigenvalue weighted by Gasteiger charge is 2.54. The summed E-state index contributed by atoms with van der Waals surface area (Å²) in [4.78, 5) is 0. The Morgan fingerprint density at radius 2 is 1.43 bits per heavy atom. The number of hydrogen-bond acceptors (Lipinski definition) is 2. The average molecular weight is 218 g/mol. The quantitative estimate of drug-likeness (QED) is 0.529. The Morgan fingerprint density at radius 1 is 1.00 bits per heavy atom. The number of hydrogen-bond donors (Lipinski definition) is 2. The van der Waals surface area contributed by atoms with Gasteiger partial charge in [0.25, 0.3) is 0 Å². The first-order valence-corrected chi connectivity index (χ1v) is 4.34. The van der Waals surface area contributed by atoms with E-state index in [0.29, 0.717) is 0 Å². The monoisotopic (exact) mass is 218 g/mol. The van der Waals surface area contributed by atoms with Gasteiger partial charge in [0.2, 0.25) is 0 Å². The van der Waals surface area contributed by atoms with Gasteiger partial charge in [-0.05, 0) is 0 Å². The summed E-state index contributed by atoms with van der Waals surface area (Å²) in [5.74, 6) is -8.25. The first kappa shape index (κ1) is 13.6. The lowest BCUT2D eigenvalue weighted by Crippen LogP contribution is -2.40. The molecule has 0 spiro atoms. The molecule has 0 aliphatic heterocycles. The molecule has 86 valence electrons. The molecule has 0 unspecified atom stereocenters. The van der Waals surface area contributed by atoms with E-state index < -0.39 is 37.4 Å². The van der Waals surface area contributed by atoms with Gasteiger partial charge in [0.15, 0.2) is 6.29 Å². The van der Waals surface area contributed by atoms with Crippen LogP contribution < -0.4 is 0 Å². The standard InChI is InChI=1S/C8H14F4O2/c1-2-4-7(9,10)8(11,12)5-3-6(13)14/h6,13-14H,2-5H2,1H3. The fraction of sp³-hybridized carbons (Fsp3) is 1.00. The minimum Gasteiger partial charge on any atom is -0.368 e. The van der Waals surface area contributed by atoms with Crippen LogP contribution in [0, 0.1) is 0 Å². The third-order valence-electron chi connectivity index (χ3n) is 1.82. The van der Waals surface area contributed by atoms with Crippen LogP contribution in [0.4, 0.5) is 17.6 Å². The fourth-order valence-electron chi connectivity index (χ4n) is 0.990. The van der Waals surface area contributed by atoms with Crippen molar-refractivity contribution >= 4 is 0 Å². The van der Waals surface area contributed by atoms with Crippen LogP contribution in [0.15, 0.2) is 0 Å². The molecule has 0 saturated heterocycles. The highest BCUT2D eigenvalue weighted by Crippen LogP contribution is 2.41. The molecule has 2 N–H and O–H groups in total. The van der Waals surface area contributed by atoms with E-state index in [2.05, 4.69) is 0 Å². The molecule has 0 aromatic heterocycles. The molecule has 0 amide bonds. The van der Waals surface area contributed by atoms with Gasteiger partial charge in [-0.25, -0.2) is 0 Å². The number of rotatable bonds is 6. The van der Waals surface area contributed by atoms with E-state index in [9.17, 15) is 17.6 Å². The summed E-state index contributed by atoms with van der Waals surface area (Å²) in [5, 5.41) is 16.6. The molecule has 14 heavy (non-hydrogen) atoms. The molecule has 0 rings (SSSR count). The second-order valence-electron chi connectivity index (χ2n) is 3.18. The fourth-order valence-corrected chi connectivity index (χ4v) is 0.990. The van der Waals surface area contributed by atoms with E-state index in [1.807, 2.05) is 0 Å². The van der Waals surface area contributed by atoms with Crippen LogP contribution in [0.3, 0.4) is 0 Å². The van der Waals surface area contributed by atoms with Crippen molar-refractivity contribution in [3.63, 3.8) is 0 Å². The van der Waals surface area contributed by atoms with Gasteiger partial charge >= 0.3 is 11.8 Å². The second kappa shape index (κ2) is 4.93. The Morgan fingerprint density at radius 3 is 1.79 bits per heavy atom. The Bertz CT molecular complexity index is 171. The number of halogens is 4. The molecule has 2 nitrogen and oxygen atoms in total. The van der Waals surface area contributed by atoms with Gasteiger partial charge in [0.05, 0.1) is 0 Å². The molecule has 0 bridgehead atoms. The maximum atomic E-state index is 12.8. The lowest BCUT2D eigenvalue weighted by atomic mass is 10.0. The molecular formula is C8H14F4O2. The number of aliphatic hydroxyl groups excluding tert-OH is 1. The smallest absolute Gasteiger partial charge is 0.310 e. The van der Waals surface area contributed by atoms with Crippen molar-refractivity contribution in [2.24, 2.45) is 0 Å². The van der Waals surface area contributed by atoms with Crippen molar-refractivity contribution in [2.45, 2.75) is 50.7 Å². The van der Waals surface area contributed by atoms with Crippen molar-refractivity contribution < 1.29 is 27.8 Å². The summed E-state index contributed by atoms with van der Waals surface area (Å²) in [6, 6.07) is 0. The highest BCUT2D eigenvalue weighted by molar-refractivity contribution is 4.84. The topological polar surface area (TPSA) is 40.5 Å². The highest BCUT2D eigenvalue weighted by atomic mass is 19.3. The van der Waals surface area contributed by atoms with Crippen molar-refractivity contribution in [1.82, 2.24) is 0 Å². The van der Waals surface area contributed by atoms with Crippen molar-refractivity contribution in [1.29, 1.82) is 0 Å². The van der Waals surface area contributed by atoms with Gasteiger partial charge < -0.3 is 10.2 Å². The summed E-state index contributed by atoms with van der Waals surface area (Å²) < 4.78 is 51.0. The number of aliphatic hydroxyl groups is 2. The molecular weight excluding hydrogens is 204 g/mol. The number of alkyl halides is 4. The summed E-state index contributed by atoms with van der Waals surface area (Å²) in [6.07, 6.45) is -4.91. The van der Waals surface area contributed by atoms with Crippen LogP contribution in [-0.4, -0.2) is 28.3 Å². The zero-order valence-corrected chi connectivity index (χ0v) is 7.81. The van der Waals surface area contributed by atoms with E-state index >= 15 is 0 Å². The Kier molecular flexibility index (Phi) is 4.80. The van der Waals surface area contributed by atoms with Crippen molar-refractivity contribution in [2.75, 3.05) is 0 Å². The predicted molar refractivity (Wildman–Crippen MR) is 42.3 cm³/mol. The van der Waals surface area contributed by atoms with E-state index in [1.165, 1.54) is 6.92 Å². The second-order valence-corrected chi connectivity index (χ2v) is 3.18. The SMILES string of the molecule is CCCC(F)(F)C(F)(F)CCC(O)O. The van der Waals surface area contributed by atoms with E-state index in [1.54, 1.807) is 0 Å². The third kappa shape index (κ3) is 3.79. The Hall–Kier alpha value is -0.360. The maximum absolute atomic E-state index is 12.8. The van der Waals surface area contributed by atoms with E-state index in [4.69, 9.17) is 10.2 Å². The third-order valence-corrected chi connectivity index (χ3v) is 1.82. The first-order valence-electron chi connectivity index (χ1n) is 4.34. The van der Waals surface area contributed by atoms with E-state index in [-0.39, 0.29) is 6.42 Å². The molecule has 0 heterocycles. The van der Waals surface area contributed by atoms with Crippen LogP contribution in [0.5, 0.6) is 0 Å². The van der Waals surface area contributed by atoms with Crippen molar-refractivity contribution in [3.8, 4) is 0 Å². The average Bonchev–Trinajstić information content (AvgIpc) is 2.00. The van der Waals surface area contributed by atoms with Gasteiger partial charge in [-0.2, -0.15) is 17.6 Å². The van der Waals surface area contributed by atoms with Gasteiger partial charge in [0, 0.05) is 19.3 Å². The normalized spacial score (nSPS) is 13.7. The lowest BCUT2D eigenvalue weighted by Gasteiger charge is -2.26. The first-order chi connectivity index (χ1) is 6.23. The molecule has 6 heteroatoms. The molecule has 0 aliphatic carbocycles. The van der Waals surface area contributed by atoms with Gasteiger partial charge in [-0.15, -0.1) is 0 Å². The van der Waals surface area contributed by atoms with Crippen LogP contribution in [0.1, 0.15) is 32.6 Å². The largest absolute Gasteiger partial charge is 0.368 e. The molecule has 0 aromatic rings. The Labute approximate surface area is 79.5 Å². The maximum Gasteiger partial charge on any atom is 0.310 e. The minimum absolute atomic E-state index is 0.0513. The predicted octanol–water partition coefficient (Wildman–Crippen LogP) is 2.15. The summed E-state index contributed by atoms with van der Waals surface area (Å²) in [5.41, 5.74) is 0. The van der Waals surface area contributed by atoms with Gasteiger partial charge in [-0.3, -0.25) is 0 Å². The van der Waals surface area contributed by atoms with Gasteiger partial charge in [0.1, 0.15) is 0 Å². The van der Waals surface area contributed by atoms with Crippen LogP contribution >= 0.6 is 0 Å². The van der Waals surface area contributed by atoms with Crippen LogP contribution in [0.25, 0.3) is 0 Å². The molecule has 0 aromatic carbocycles. The molecule has 0 radical (unpaired) electrons. The summed E-state index contributed by atoms with van der Waals surface area (Å²) in [6.45, 7) is 1.38. The summed E-state index contributed by atoms with van der Waals surface area (Å²) in [7, 11) is 0. The van der Waals surface area contributed by atoms with Crippen LogP contribution in [-0.2, 0) is 0 Å². The zero-order chi connectivity index (χ0) is 11.4. The zero-order valence-electron chi connectivity index (χ0n) is 7.81. The molecule has 0 fully saturated rings. The van der Waals surface area contributed by atoms with Crippen LogP contribution in [0.2, 0.25) is 0 Å². The summed E-state index contributed by atoms with van der Waals surface area (Å²) >= 11 is 0. The Balaban J connectivity index is 4.27. The van der Waals surface area contributed by atoms with Crippen molar-refractivity contribution in [3.05, 3.63) is 0 Å². The molecule has 0 saturated carbocycles.